The molecule has 0 saturated carbocycles. The Bertz CT molecular complexity index is 133. The molecule has 0 aliphatic carbocycles. The van der Waals surface area contributed by atoms with Crippen molar-refractivity contribution in [2.75, 3.05) is 0 Å². The van der Waals surface area contributed by atoms with Crippen LogP contribution in [0.25, 0.3) is 0 Å². The first-order chi connectivity index (χ1) is 4.59. The number of rotatable bonds is 4. The van der Waals surface area contributed by atoms with E-state index in [1.165, 1.54) is 6.41 Å². The molecule has 0 bridgehead atoms. The van der Waals surface area contributed by atoms with Crippen LogP contribution < -0.4 is 5.32 Å². The third kappa shape index (κ3) is 2.48. The molecule has 0 aromatic carbocycles. The molecule has 57 valence electrons. The lowest BCUT2D eigenvalue weighted by Crippen LogP contribution is -2.39. The fourth-order valence-corrected chi connectivity index (χ4v) is 0.577. The van der Waals surface area contributed by atoms with Gasteiger partial charge in [0.2, 0.25) is 0 Å². The van der Waals surface area contributed by atoms with Crippen LogP contribution in [0.2, 0.25) is 0 Å². The number of hydrogen-bond donors (Lipinski definition) is 2. The van der Waals surface area contributed by atoms with Crippen molar-refractivity contribution in [3.63, 3.8) is 0 Å². The van der Waals surface area contributed by atoms with Crippen LogP contribution in [0, 0.1) is 5.92 Å². The maximum atomic E-state index is 10.3. The van der Waals surface area contributed by atoms with E-state index < -0.39 is 12.0 Å². The first-order valence-electron chi connectivity index (χ1n) is 2.95. The Labute approximate surface area is 59.2 Å². The summed E-state index contributed by atoms with van der Waals surface area (Å²) in [5.74, 6) is -1.14. The first-order valence-corrected chi connectivity index (χ1v) is 2.95. The van der Waals surface area contributed by atoms with Gasteiger partial charge in [-0.05, 0) is 5.92 Å². The number of carbonyl (C=O) groups is 1. The Hall–Kier alpha value is -1.06. The maximum Gasteiger partial charge on any atom is 0.326 e. The second-order valence-electron chi connectivity index (χ2n) is 2.31. The van der Waals surface area contributed by atoms with Crippen molar-refractivity contribution in [2.45, 2.75) is 19.9 Å². The number of hydrogen-bond acceptors (Lipinski definition) is 2. The van der Waals surface area contributed by atoms with Crippen molar-refractivity contribution in [3.05, 3.63) is 0 Å². The van der Waals surface area contributed by atoms with Crippen LogP contribution in [0.1, 0.15) is 13.8 Å². The molecule has 0 rings (SSSR count). The largest absolute Gasteiger partial charge is 0.480 e. The zero-order valence-electron chi connectivity index (χ0n) is 5.92. The van der Waals surface area contributed by atoms with Gasteiger partial charge in [0.15, 0.2) is 0 Å². The highest BCUT2D eigenvalue weighted by Gasteiger charge is 2.19. The van der Waals surface area contributed by atoms with Crippen LogP contribution in [0.5, 0.6) is 0 Å². The molecule has 0 aromatic rings. The third-order valence-corrected chi connectivity index (χ3v) is 1.15. The summed E-state index contributed by atoms with van der Waals surface area (Å²) in [5.41, 5.74) is 0. The van der Waals surface area contributed by atoms with E-state index in [9.17, 15) is 9.59 Å². The lowest BCUT2D eigenvalue weighted by Gasteiger charge is -2.13. The summed E-state index contributed by atoms with van der Waals surface area (Å²) in [6, 6.07) is -0.822. The molecular formula is C6H10NO3. The summed E-state index contributed by atoms with van der Waals surface area (Å²) in [6.45, 7) is 3.42. The van der Waals surface area contributed by atoms with E-state index in [1.807, 2.05) is 0 Å². The predicted octanol–water partition coefficient (Wildman–Crippen LogP) is -0.248. The van der Waals surface area contributed by atoms with Crippen molar-refractivity contribution in [3.8, 4) is 0 Å². The van der Waals surface area contributed by atoms with E-state index in [-0.39, 0.29) is 5.92 Å². The lowest BCUT2D eigenvalue weighted by molar-refractivity contribution is -0.140. The average molecular weight is 144 g/mol. The molecule has 4 heteroatoms. The smallest absolute Gasteiger partial charge is 0.326 e. The molecule has 1 unspecified atom stereocenters. The topological polar surface area (TPSA) is 66.4 Å². The van der Waals surface area contributed by atoms with Crippen molar-refractivity contribution >= 4 is 12.4 Å². The zero-order chi connectivity index (χ0) is 8.15. The SMILES string of the molecule is CC(C)C(N[C]=O)C(=O)O. The minimum Gasteiger partial charge on any atom is -0.480 e. The normalized spacial score (nSPS) is 12.7. The van der Waals surface area contributed by atoms with E-state index in [0.29, 0.717) is 0 Å². The Morgan fingerprint density at radius 1 is 1.60 bits per heavy atom. The van der Waals surface area contributed by atoms with E-state index in [1.54, 1.807) is 13.8 Å². The fraction of sp³-hybridized carbons (Fsp3) is 0.667. The van der Waals surface area contributed by atoms with Gasteiger partial charge in [0.1, 0.15) is 6.04 Å². The molecule has 2 N–H and O–H groups in total. The summed E-state index contributed by atoms with van der Waals surface area (Å²) >= 11 is 0. The van der Waals surface area contributed by atoms with Crippen LogP contribution in [-0.2, 0) is 9.59 Å². The Kier molecular flexibility index (Phi) is 3.46. The maximum absolute atomic E-state index is 10.3. The van der Waals surface area contributed by atoms with Gasteiger partial charge < -0.3 is 10.4 Å². The third-order valence-electron chi connectivity index (χ3n) is 1.15. The van der Waals surface area contributed by atoms with Crippen molar-refractivity contribution < 1.29 is 14.7 Å². The van der Waals surface area contributed by atoms with Gasteiger partial charge in [-0.2, -0.15) is 0 Å². The van der Waals surface area contributed by atoms with Crippen molar-refractivity contribution in [1.29, 1.82) is 0 Å². The van der Waals surface area contributed by atoms with Crippen LogP contribution in [0.3, 0.4) is 0 Å². The van der Waals surface area contributed by atoms with Gasteiger partial charge in [-0.3, -0.25) is 4.79 Å². The summed E-state index contributed by atoms with van der Waals surface area (Å²) in [4.78, 5) is 20.0. The van der Waals surface area contributed by atoms with Gasteiger partial charge in [-0.15, -0.1) is 0 Å². The molecule has 1 amide bonds. The highest BCUT2D eigenvalue weighted by Crippen LogP contribution is 1.99. The first kappa shape index (κ1) is 8.94. The Balaban J connectivity index is 3.97. The van der Waals surface area contributed by atoms with Crippen LogP contribution in [0.4, 0.5) is 0 Å². The molecule has 0 heterocycles. The summed E-state index contributed by atoms with van der Waals surface area (Å²) < 4.78 is 0. The van der Waals surface area contributed by atoms with Gasteiger partial charge in [-0.25, -0.2) is 4.79 Å². The predicted molar refractivity (Wildman–Crippen MR) is 35.1 cm³/mol. The standard InChI is InChI=1S/C6H10NO3/c1-4(2)5(6(9)10)7-3-8/h4-5H,1-2H3,(H,7,8)(H,9,10). The number of nitrogens with one attached hydrogen (secondary N) is 1. The minimum absolute atomic E-state index is 0.112. The highest BCUT2D eigenvalue weighted by atomic mass is 16.4. The van der Waals surface area contributed by atoms with Crippen molar-refractivity contribution in [1.82, 2.24) is 5.32 Å². The van der Waals surface area contributed by atoms with Crippen LogP contribution >= 0.6 is 0 Å². The molecule has 0 aromatic heterocycles. The van der Waals surface area contributed by atoms with Crippen LogP contribution in [-0.4, -0.2) is 23.5 Å². The zero-order valence-corrected chi connectivity index (χ0v) is 5.92. The summed E-state index contributed by atoms with van der Waals surface area (Å²) in [6.07, 6.45) is 1.35. The van der Waals surface area contributed by atoms with E-state index >= 15 is 0 Å². The molecule has 0 saturated heterocycles. The van der Waals surface area contributed by atoms with E-state index in [4.69, 9.17) is 5.11 Å². The quantitative estimate of drug-likeness (QED) is 0.535. The second kappa shape index (κ2) is 3.87. The van der Waals surface area contributed by atoms with Gasteiger partial charge in [0, 0.05) is 0 Å². The van der Waals surface area contributed by atoms with Gasteiger partial charge >= 0.3 is 12.4 Å². The fourth-order valence-electron chi connectivity index (χ4n) is 0.577. The average Bonchev–Trinajstić information content (AvgIpc) is 1.81. The second-order valence-corrected chi connectivity index (χ2v) is 2.31. The number of carbonyl (C=O) groups excluding carboxylic acids is 1. The monoisotopic (exact) mass is 144 g/mol. The van der Waals surface area contributed by atoms with E-state index in [0.717, 1.165) is 0 Å². The molecule has 4 nitrogen and oxygen atoms in total. The molecule has 0 fully saturated rings. The number of carboxylic acid groups (broad SMARTS) is 1. The Morgan fingerprint density at radius 3 is 2.20 bits per heavy atom. The number of aliphatic carboxylic acids is 1. The van der Waals surface area contributed by atoms with E-state index in [2.05, 4.69) is 5.32 Å². The van der Waals surface area contributed by atoms with Gasteiger partial charge in [0.05, 0.1) is 0 Å². The molecule has 0 aliphatic rings. The minimum atomic E-state index is -1.03. The molecule has 1 radical (unpaired) electrons. The van der Waals surface area contributed by atoms with Crippen molar-refractivity contribution in [2.24, 2.45) is 5.92 Å². The van der Waals surface area contributed by atoms with Gasteiger partial charge in [0.25, 0.3) is 0 Å². The van der Waals surface area contributed by atoms with Gasteiger partial charge in [-0.1, -0.05) is 13.8 Å². The lowest BCUT2D eigenvalue weighted by atomic mass is 10.1. The Morgan fingerprint density at radius 2 is 2.10 bits per heavy atom. The molecular weight excluding hydrogens is 134 g/mol. The number of amides is 1. The summed E-state index contributed by atoms with van der Waals surface area (Å²) in [5, 5.41) is 10.5. The summed E-state index contributed by atoms with van der Waals surface area (Å²) in [7, 11) is 0. The highest BCUT2D eigenvalue weighted by molar-refractivity contribution is 5.76. The molecule has 10 heavy (non-hydrogen) atoms. The molecule has 0 spiro atoms. The number of carboxylic acids is 1. The molecule has 0 aliphatic heterocycles. The molecule has 1 atom stereocenters. The van der Waals surface area contributed by atoms with Crippen LogP contribution in [0.15, 0.2) is 0 Å².